The molecule has 2 aromatic carbocycles. The Morgan fingerprint density at radius 1 is 1.04 bits per heavy atom. The average Bonchev–Trinajstić information content (AvgIpc) is 2.59. The molecule has 0 aliphatic heterocycles. The lowest BCUT2D eigenvalue weighted by molar-refractivity contribution is -0.143. The van der Waals surface area contributed by atoms with E-state index < -0.39 is 17.6 Å². The average molecular weight is 351 g/mol. The first-order chi connectivity index (χ1) is 11.5. The predicted molar refractivity (Wildman–Crippen MR) is 86.9 cm³/mol. The van der Waals surface area contributed by atoms with Gasteiger partial charge in [-0.15, -0.1) is 0 Å². The summed E-state index contributed by atoms with van der Waals surface area (Å²) in [4.78, 5) is 23.9. The molecule has 24 heavy (non-hydrogen) atoms. The zero-order valence-electron chi connectivity index (χ0n) is 12.6. The quantitative estimate of drug-likeness (QED) is 0.613. The number of thioether (sulfide) groups is 1. The van der Waals surface area contributed by atoms with Gasteiger partial charge in [0.05, 0.1) is 0 Å². The minimum Gasteiger partial charge on any atom is -0.460 e. The van der Waals surface area contributed by atoms with Gasteiger partial charge in [0, 0.05) is 10.5 Å². The number of carbonyl (C=O) groups excluding carboxylic acids is 2. The molecule has 0 spiro atoms. The van der Waals surface area contributed by atoms with E-state index >= 15 is 0 Å². The van der Waals surface area contributed by atoms with Gasteiger partial charge in [-0.2, -0.15) is 8.78 Å². The fourth-order valence-corrected chi connectivity index (χ4v) is 2.33. The third-order valence-electron chi connectivity index (χ3n) is 2.98. The summed E-state index contributed by atoms with van der Waals surface area (Å²) in [5.41, 5.74) is 1.13. The number of alkyl halides is 2. The highest BCUT2D eigenvalue weighted by Gasteiger charge is 2.10. The lowest BCUT2D eigenvalue weighted by Crippen LogP contribution is -2.30. The van der Waals surface area contributed by atoms with Gasteiger partial charge in [0.15, 0.2) is 0 Å². The summed E-state index contributed by atoms with van der Waals surface area (Å²) in [5, 5.41) is 2.43. The van der Waals surface area contributed by atoms with E-state index in [1.807, 2.05) is 30.3 Å². The number of ether oxygens (including phenoxy) is 1. The second kappa shape index (κ2) is 9.02. The minimum absolute atomic E-state index is 0.134. The van der Waals surface area contributed by atoms with Gasteiger partial charge in [-0.1, -0.05) is 42.1 Å². The molecule has 0 aromatic heterocycles. The maximum absolute atomic E-state index is 12.2. The molecule has 0 radical (unpaired) electrons. The molecule has 0 aliphatic rings. The van der Waals surface area contributed by atoms with Gasteiger partial charge in [-0.05, 0) is 29.8 Å². The van der Waals surface area contributed by atoms with Gasteiger partial charge >= 0.3 is 5.97 Å². The molecular weight excluding hydrogens is 336 g/mol. The van der Waals surface area contributed by atoms with Gasteiger partial charge < -0.3 is 10.1 Å². The number of nitrogens with one attached hydrogen (secondary N) is 1. The van der Waals surface area contributed by atoms with Crippen molar-refractivity contribution in [3.63, 3.8) is 0 Å². The van der Waals surface area contributed by atoms with Crippen LogP contribution in [0.3, 0.4) is 0 Å². The van der Waals surface area contributed by atoms with Gasteiger partial charge in [0.25, 0.3) is 11.7 Å². The molecule has 1 N–H and O–H groups in total. The maximum Gasteiger partial charge on any atom is 0.325 e. The second-order valence-electron chi connectivity index (χ2n) is 4.73. The third kappa shape index (κ3) is 6.00. The van der Waals surface area contributed by atoms with E-state index in [0.29, 0.717) is 16.7 Å². The topological polar surface area (TPSA) is 55.4 Å². The number of esters is 1. The third-order valence-corrected chi connectivity index (χ3v) is 3.70. The number of carbonyl (C=O) groups is 2. The lowest BCUT2D eigenvalue weighted by atomic mass is 10.2. The zero-order chi connectivity index (χ0) is 17.4. The molecule has 2 rings (SSSR count). The molecule has 4 nitrogen and oxygen atoms in total. The summed E-state index contributed by atoms with van der Waals surface area (Å²) in [7, 11) is 0. The summed E-state index contributed by atoms with van der Waals surface area (Å²) in [5.74, 6) is -3.54. The van der Waals surface area contributed by atoms with E-state index in [1.54, 1.807) is 0 Å². The smallest absolute Gasteiger partial charge is 0.325 e. The van der Waals surface area contributed by atoms with Gasteiger partial charge in [0.2, 0.25) is 0 Å². The molecule has 0 bridgehead atoms. The molecule has 0 heterocycles. The Balaban J connectivity index is 1.76. The van der Waals surface area contributed by atoms with E-state index in [0.717, 1.165) is 5.56 Å². The summed E-state index contributed by atoms with van der Waals surface area (Å²) < 4.78 is 29.5. The molecule has 7 heteroatoms. The largest absolute Gasteiger partial charge is 0.460 e. The fraction of sp³-hybridized carbons (Fsp3) is 0.176. The summed E-state index contributed by atoms with van der Waals surface area (Å²) >= 11 is 0.402. The van der Waals surface area contributed by atoms with Gasteiger partial charge in [-0.25, -0.2) is 0 Å². The van der Waals surface area contributed by atoms with Crippen LogP contribution in [0.15, 0.2) is 59.5 Å². The van der Waals surface area contributed by atoms with Gasteiger partial charge in [0.1, 0.15) is 13.2 Å². The molecule has 0 saturated heterocycles. The van der Waals surface area contributed by atoms with Crippen molar-refractivity contribution in [2.24, 2.45) is 0 Å². The number of hydrogen-bond donors (Lipinski definition) is 1. The van der Waals surface area contributed by atoms with Crippen LogP contribution in [0.5, 0.6) is 0 Å². The second-order valence-corrected chi connectivity index (χ2v) is 5.80. The van der Waals surface area contributed by atoms with Crippen LogP contribution >= 0.6 is 11.8 Å². The van der Waals surface area contributed by atoms with E-state index in [9.17, 15) is 18.4 Å². The Labute approximate surface area is 142 Å². The first-order valence-electron chi connectivity index (χ1n) is 7.07. The molecule has 0 saturated carbocycles. The van der Waals surface area contributed by atoms with Crippen LogP contribution in [-0.2, 0) is 16.1 Å². The van der Waals surface area contributed by atoms with Crippen LogP contribution in [0.2, 0.25) is 0 Å². The van der Waals surface area contributed by atoms with Crippen LogP contribution in [0.25, 0.3) is 0 Å². The Morgan fingerprint density at radius 2 is 1.71 bits per heavy atom. The number of hydrogen-bond acceptors (Lipinski definition) is 4. The molecule has 0 aliphatic carbocycles. The monoisotopic (exact) mass is 351 g/mol. The Kier molecular flexibility index (Phi) is 6.74. The Bertz CT molecular complexity index is 678. The highest BCUT2D eigenvalue weighted by Crippen LogP contribution is 2.25. The van der Waals surface area contributed by atoms with E-state index in [-0.39, 0.29) is 18.7 Å². The Hall–Kier alpha value is -2.41. The van der Waals surface area contributed by atoms with Gasteiger partial charge in [-0.3, -0.25) is 9.59 Å². The highest BCUT2D eigenvalue weighted by atomic mass is 32.2. The van der Waals surface area contributed by atoms with E-state index in [2.05, 4.69) is 5.32 Å². The first kappa shape index (κ1) is 17.9. The van der Waals surface area contributed by atoms with Crippen LogP contribution in [-0.4, -0.2) is 24.2 Å². The molecule has 126 valence electrons. The number of halogens is 2. The summed E-state index contributed by atoms with van der Waals surface area (Å²) in [6, 6.07) is 14.9. The molecule has 0 unspecified atom stereocenters. The lowest BCUT2D eigenvalue weighted by Gasteiger charge is -2.07. The Morgan fingerprint density at radius 3 is 2.33 bits per heavy atom. The van der Waals surface area contributed by atoms with Crippen molar-refractivity contribution >= 4 is 23.6 Å². The molecule has 2 aromatic rings. The van der Waals surface area contributed by atoms with Crippen molar-refractivity contribution in [2.45, 2.75) is 17.3 Å². The fourth-order valence-electron chi connectivity index (χ4n) is 1.83. The summed E-state index contributed by atoms with van der Waals surface area (Å²) in [6.07, 6.45) is 0. The SMILES string of the molecule is O=C(CNC(=O)c1ccc(SC(F)F)cc1)OCc1ccccc1. The van der Waals surface area contributed by atoms with Crippen LogP contribution in [0.1, 0.15) is 15.9 Å². The minimum atomic E-state index is -2.51. The molecule has 1 amide bonds. The standard InChI is InChI=1S/C17H15F2NO3S/c18-17(19)24-14-8-6-13(7-9-14)16(22)20-10-15(21)23-11-12-4-2-1-3-5-12/h1-9,17H,10-11H2,(H,20,22). The van der Waals surface area contributed by atoms with Crippen molar-refractivity contribution < 1.29 is 23.1 Å². The van der Waals surface area contributed by atoms with Crippen molar-refractivity contribution in [3.05, 3.63) is 65.7 Å². The van der Waals surface area contributed by atoms with Crippen LogP contribution < -0.4 is 5.32 Å². The maximum atomic E-state index is 12.2. The van der Waals surface area contributed by atoms with Crippen molar-refractivity contribution in [1.82, 2.24) is 5.32 Å². The van der Waals surface area contributed by atoms with E-state index in [4.69, 9.17) is 4.74 Å². The van der Waals surface area contributed by atoms with Crippen molar-refractivity contribution in [1.29, 1.82) is 0 Å². The molecule has 0 atom stereocenters. The molecule has 0 fully saturated rings. The number of rotatable bonds is 7. The van der Waals surface area contributed by atoms with Crippen molar-refractivity contribution in [3.8, 4) is 0 Å². The predicted octanol–water partition coefficient (Wildman–Crippen LogP) is 3.47. The highest BCUT2D eigenvalue weighted by molar-refractivity contribution is 7.99. The summed E-state index contributed by atoms with van der Waals surface area (Å²) in [6.45, 7) is -0.131. The van der Waals surface area contributed by atoms with Crippen molar-refractivity contribution in [2.75, 3.05) is 6.54 Å². The zero-order valence-corrected chi connectivity index (χ0v) is 13.4. The van der Waals surface area contributed by atoms with Crippen LogP contribution in [0.4, 0.5) is 8.78 Å². The number of amides is 1. The van der Waals surface area contributed by atoms with E-state index in [1.165, 1.54) is 24.3 Å². The van der Waals surface area contributed by atoms with Crippen LogP contribution in [0, 0.1) is 0 Å². The molecular formula is C17H15F2NO3S. The number of benzene rings is 2. The first-order valence-corrected chi connectivity index (χ1v) is 7.95. The normalized spacial score (nSPS) is 10.5.